The molecule has 0 saturated heterocycles. The average Bonchev–Trinajstić information content (AvgIpc) is 2.65. The van der Waals surface area contributed by atoms with Crippen molar-refractivity contribution in [3.63, 3.8) is 0 Å². The van der Waals surface area contributed by atoms with Crippen molar-refractivity contribution in [1.82, 2.24) is 10.6 Å². The third kappa shape index (κ3) is 8.57. The van der Waals surface area contributed by atoms with Gasteiger partial charge in [0, 0.05) is 0 Å². The Bertz CT molecular complexity index is 604. The highest BCUT2D eigenvalue weighted by Crippen LogP contribution is 2.08. The van der Waals surface area contributed by atoms with Crippen LogP contribution in [0.4, 0.5) is 4.79 Å². The summed E-state index contributed by atoms with van der Waals surface area (Å²) in [5, 5.41) is 5.26. The van der Waals surface area contributed by atoms with Gasteiger partial charge in [-0.1, -0.05) is 57.5 Å². The lowest BCUT2D eigenvalue weighted by atomic mass is 10.0. The van der Waals surface area contributed by atoms with Gasteiger partial charge in [0.2, 0.25) is 5.91 Å². The monoisotopic (exact) mass is 378 g/mol. The molecule has 27 heavy (non-hydrogen) atoms. The molecule has 0 bridgehead atoms. The van der Waals surface area contributed by atoms with Crippen LogP contribution >= 0.6 is 0 Å². The molecule has 0 aliphatic carbocycles. The van der Waals surface area contributed by atoms with E-state index in [0.29, 0.717) is 19.3 Å². The first kappa shape index (κ1) is 22.5. The molecule has 0 aliphatic rings. The maximum absolute atomic E-state index is 12.6. The number of rotatable bonds is 10. The molecule has 0 saturated carbocycles. The minimum Gasteiger partial charge on any atom is -0.467 e. The third-order valence-electron chi connectivity index (χ3n) is 3.91. The minimum absolute atomic E-state index is 0.116. The molecule has 7 heteroatoms. The third-order valence-corrected chi connectivity index (χ3v) is 3.91. The molecule has 1 aromatic carbocycles. The van der Waals surface area contributed by atoms with Gasteiger partial charge in [0.15, 0.2) is 0 Å². The Morgan fingerprint density at radius 3 is 2.26 bits per heavy atom. The summed E-state index contributed by atoms with van der Waals surface area (Å²) in [6, 6.07) is 7.74. The first-order chi connectivity index (χ1) is 12.9. The van der Waals surface area contributed by atoms with Crippen molar-refractivity contribution in [3.05, 3.63) is 35.9 Å². The second-order valence-electron chi connectivity index (χ2n) is 6.76. The molecule has 7 nitrogen and oxygen atoms in total. The van der Waals surface area contributed by atoms with E-state index < -0.39 is 30.1 Å². The molecule has 0 fully saturated rings. The van der Waals surface area contributed by atoms with Gasteiger partial charge in [-0.2, -0.15) is 0 Å². The SMILES string of the molecule is CCC[C@H](NC(=O)OCc1ccccc1)C(=O)N[C@H](CC(C)C)C(=O)OC. The van der Waals surface area contributed by atoms with Gasteiger partial charge >= 0.3 is 12.1 Å². The lowest BCUT2D eigenvalue weighted by Crippen LogP contribution is -2.52. The standard InChI is InChI=1S/C20H30N2O5/c1-5-9-16(18(23)21-17(12-14(2)3)19(24)26-4)22-20(25)27-13-15-10-7-6-8-11-15/h6-8,10-11,14,16-17H,5,9,12-13H2,1-4H3,(H,21,23)(H,22,25)/t16-,17+/m0/s1. The fourth-order valence-corrected chi connectivity index (χ4v) is 2.56. The number of esters is 1. The molecule has 0 heterocycles. The van der Waals surface area contributed by atoms with E-state index in [1.807, 2.05) is 51.1 Å². The Morgan fingerprint density at radius 1 is 1.04 bits per heavy atom. The largest absolute Gasteiger partial charge is 0.467 e. The fraction of sp³-hybridized carbons (Fsp3) is 0.550. The predicted molar refractivity (Wildman–Crippen MR) is 102 cm³/mol. The van der Waals surface area contributed by atoms with E-state index in [2.05, 4.69) is 10.6 Å². The Morgan fingerprint density at radius 2 is 1.70 bits per heavy atom. The molecular formula is C20H30N2O5. The van der Waals surface area contributed by atoms with Crippen LogP contribution in [0.25, 0.3) is 0 Å². The zero-order valence-corrected chi connectivity index (χ0v) is 16.5. The van der Waals surface area contributed by atoms with Crippen LogP contribution in [0.1, 0.15) is 45.6 Å². The van der Waals surface area contributed by atoms with Gasteiger partial charge in [-0.15, -0.1) is 0 Å². The van der Waals surface area contributed by atoms with Crippen molar-refractivity contribution < 1.29 is 23.9 Å². The molecule has 1 aromatic rings. The van der Waals surface area contributed by atoms with Crippen LogP contribution < -0.4 is 10.6 Å². The highest BCUT2D eigenvalue weighted by Gasteiger charge is 2.27. The summed E-state index contributed by atoms with van der Waals surface area (Å²) in [6.07, 6.45) is 0.896. The lowest BCUT2D eigenvalue weighted by Gasteiger charge is -2.22. The molecule has 0 aliphatic heterocycles. The fourth-order valence-electron chi connectivity index (χ4n) is 2.56. The van der Waals surface area contributed by atoms with Crippen molar-refractivity contribution in [1.29, 1.82) is 0 Å². The molecule has 2 amide bonds. The predicted octanol–water partition coefficient (Wildman–Crippen LogP) is 2.79. The van der Waals surface area contributed by atoms with Crippen LogP contribution in [-0.2, 0) is 25.7 Å². The number of nitrogens with one attached hydrogen (secondary N) is 2. The molecule has 1 rings (SSSR count). The Hall–Kier alpha value is -2.57. The maximum atomic E-state index is 12.6. The molecule has 0 unspecified atom stereocenters. The first-order valence-electron chi connectivity index (χ1n) is 9.22. The van der Waals surface area contributed by atoms with Crippen molar-refractivity contribution in [2.24, 2.45) is 5.92 Å². The topological polar surface area (TPSA) is 93.7 Å². The van der Waals surface area contributed by atoms with Gasteiger partial charge in [0.05, 0.1) is 7.11 Å². The number of benzene rings is 1. The van der Waals surface area contributed by atoms with Gasteiger partial charge in [-0.3, -0.25) is 4.79 Å². The summed E-state index contributed by atoms with van der Waals surface area (Å²) in [4.78, 5) is 36.5. The van der Waals surface area contributed by atoms with Crippen LogP contribution in [0.2, 0.25) is 0 Å². The minimum atomic E-state index is -0.780. The summed E-state index contributed by atoms with van der Waals surface area (Å²) in [6.45, 7) is 5.92. The summed E-state index contributed by atoms with van der Waals surface area (Å²) in [5.74, 6) is -0.730. The molecule has 150 valence electrons. The lowest BCUT2D eigenvalue weighted by molar-refractivity contribution is -0.145. The number of alkyl carbamates (subject to hydrolysis) is 1. The quantitative estimate of drug-likeness (QED) is 0.611. The van der Waals surface area contributed by atoms with Gasteiger partial charge in [0.1, 0.15) is 18.7 Å². The molecule has 0 aromatic heterocycles. The van der Waals surface area contributed by atoms with Gasteiger partial charge in [-0.05, 0) is 24.3 Å². The maximum Gasteiger partial charge on any atom is 0.408 e. The number of methoxy groups -OCH3 is 1. The van der Waals surface area contributed by atoms with Gasteiger partial charge in [0.25, 0.3) is 0 Å². The van der Waals surface area contributed by atoms with Gasteiger partial charge < -0.3 is 20.1 Å². The van der Waals surface area contributed by atoms with E-state index >= 15 is 0 Å². The number of amides is 2. The smallest absolute Gasteiger partial charge is 0.408 e. The zero-order chi connectivity index (χ0) is 20.2. The Labute approximate surface area is 160 Å². The summed E-state index contributed by atoms with van der Waals surface area (Å²) in [7, 11) is 1.28. The second-order valence-corrected chi connectivity index (χ2v) is 6.76. The molecule has 2 atom stereocenters. The number of carbonyl (C=O) groups is 3. The van der Waals surface area contributed by atoms with E-state index in [1.54, 1.807) is 0 Å². The summed E-state index contributed by atoms with van der Waals surface area (Å²) < 4.78 is 9.93. The van der Waals surface area contributed by atoms with Crippen LogP contribution in [-0.4, -0.2) is 37.2 Å². The van der Waals surface area contributed by atoms with E-state index in [0.717, 1.165) is 5.56 Å². The average molecular weight is 378 g/mol. The highest BCUT2D eigenvalue weighted by molar-refractivity contribution is 5.89. The number of ether oxygens (including phenoxy) is 2. The number of carbonyl (C=O) groups excluding carboxylic acids is 3. The van der Waals surface area contributed by atoms with Crippen molar-refractivity contribution in [3.8, 4) is 0 Å². The Kier molecular flexibility index (Phi) is 9.93. The van der Waals surface area contributed by atoms with Crippen LogP contribution in [0, 0.1) is 5.92 Å². The first-order valence-corrected chi connectivity index (χ1v) is 9.22. The van der Waals surface area contributed by atoms with E-state index in [9.17, 15) is 14.4 Å². The summed E-state index contributed by atoms with van der Waals surface area (Å²) in [5.41, 5.74) is 0.854. The van der Waals surface area contributed by atoms with E-state index in [4.69, 9.17) is 9.47 Å². The van der Waals surface area contributed by atoms with Crippen LogP contribution in [0.3, 0.4) is 0 Å². The molecule has 0 radical (unpaired) electrons. The summed E-state index contributed by atoms with van der Waals surface area (Å²) >= 11 is 0. The van der Waals surface area contributed by atoms with Crippen LogP contribution in [0.5, 0.6) is 0 Å². The highest BCUT2D eigenvalue weighted by atomic mass is 16.5. The second kappa shape index (κ2) is 11.9. The van der Waals surface area contributed by atoms with Crippen molar-refractivity contribution >= 4 is 18.0 Å². The van der Waals surface area contributed by atoms with E-state index in [1.165, 1.54) is 7.11 Å². The number of hydrogen-bond acceptors (Lipinski definition) is 5. The number of hydrogen-bond donors (Lipinski definition) is 2. The van der Waals surface area contributed by atoms with Crippen molar-refractivity contribution in [2.75, 3.05) is 7.11 Å². The Balaban J connectivity index is 2.64. The molecular weight excluding hydrogens is 348 g/mol. The van der Waals surface area contributed by atoms with Crippen LogP contribution in [0.15, 0.2) is 30.3 Å². The molecule has 2 N–H and O–H groups in total. The van der Waals surface area contributed by atoms with Crippen molar-refractivity contribution in [2.45, 2.75) is 58.7 Å². The molecule has 0 spiro atoms. The normalized spacial score (nSPS) is 12.8. The zero-order valence-electron chi connectivity index (χ0n) is 16.5. The van der Waals surface area contributed by atoms with Gasteiger partial charge in [-0.25, -0.2) is 9.59 Å². The van der Waals surface area contributed by atoms with E-state index in [-0.39, 0.29) is 12.5 Å².